The van der Waals surface area contributed by atoms with Crippen LogP contribution < -0.4 is 5.32 Å². The van der Waals surface area contributed by atoms with E-state index in [0.717, 1.165) is 37.3 Å². The summed E-state index contributed by atoms with van der Waals surface area (Å²) in [4.78, 5) is 23.9. The average molecular weight is 408 g/mol. The normalized spacial score (nSPS) is 12.4. The smallest absolute Gasteiger partial charge is 0.416 e. The third-order valence-corrected chi connectivity index (χ3v) is 3.70. The Morgan fingerprint density at radius 1 is 1.11 bits per heavy atom. The van der Waals surface area contributed by atoms with E-state index in [1.165, 1.54) is 0 Å². The average Bonchev–Trinajstić information content (AvgIpc) is 2.55. The van der Waals surface area contributed by atoms with E-state index in [9.17, 15) is 31.5 Å². The molecule has 2 aromatic carbocycles. The van der Waals surface area contributed by atoms with Gasteiger partial charge in [-0.3, -0.25) is 4.79 Å². The van der Waals surface area contributed by atoms with Crippen LogP contribution in [0.4, 0.5) is 27.6 Å². The van der Waals surface area contributed by atoms with Gasteiger partial charge in [-0.2, -0.15) is 13.2 Å². The Bertz CT molecular complexity index is 865. The number of ether oxygens (including phenoxy) is 1. The molecular weight excluding hydrogens is 397 g/mol. The van der Waals surface area contributed by atoms with Crippen LogP contribution in [-0.4, -0.2) is 18.0 Å². The van der Waals surface area contributed by atoms with Crippen molar-refractivity contribution in [1.29, 1.82) is 0 Å². The summed E-state index contributed by atoms with van der Waals surface area (Å²) in [6, 6.07) is 4.95. The molecule has 2 aromatic rings. The Labute approximate surface area is 154 Å². The fourth-order valence-electron chi connectivity index (χ4n) is 2.00. The first kappa shape index (κ1) is 20.6. The third kappa shape index (κ3) is 4.94. The largest absolute Gasteiger partial charge is 0.449 e. The lowest BCUT2D eigenvalue weighted by Crippen LogP contribution is -2.30. The zero-order valence-corrected chi connectivity index (χ0v) is 14.3. The molecule has 0 heterocycles. The van der Waals surface area contributed by atoms with Crippen molar-refractivity contribution < 1.29 is 36.3 Å². The number of anilines is 1. The van der Waals surface area contributed by atoms with Gasteiger partial charge in [0, 0.05) is 0 Å². The number of benzene rings is 2. The SMILES string of the molecule is C[C@H](OC(=O)c1c(F)cccc1F)C(=O)Nc1cc(C(F)(F)F)ccc1Cl. The van der Waals surface area contributed by atoms with E-state index in [1.807, 2.05) is 0 Å². The highest BCUT2D eigenvalue weighted by molar-refractivity contribution is 6.33. The van der Waals surface area contributed by atoms with E-state index >= 15 is 0 Å². The highest BCUT2D eigenvalue weighted by atomic mass is 35.5. The van der Waals surface area contributed by atoms with Crippen LogP contribution in [0.2, 0.25) is 5.02 Å². The molecule has 0 unspecified atom stereocenters. The Morgan fingerprint density at radius 3 is 2.26 bits per heavy atom. The fraction of sp³-hybridized carbons (Fsp3) is 0.176. The van der Waals surface area contributed by atoms with Gasteiger partial charge in [0.15, 0.2) is 6.10 Å². The molecule has 1 amide bonds. The van der Waals surface area contributed by atoms with Crippen molar-refractivity contribution in [2.24, 2.45) is 0 Å². The molecule has 2 rings (SSSR count). The zero-order chi connectivity index (χ0) is 20.4. The summed E-state index contributed by atoms with van der Waals surface area (Å²) in [6.07, 6.45) is -6.23. The van der Waals surface area contributed by atoms with Crippen LogP contribution in [0.15, 0.2) is 36.4 Å². The molecule has 0 aliphatic carbocycles. The number of hydrogen-bond acceptors (Lipinski definition) is 3. The molecule has 27 heavy (non-hydrogen) atoms. The van der Waals surface area contributed by atoms with Crippen molar-refractivity contribution in [2.45, 2.75) is 19.2 Å². The lowest BCUT2D eigenvalue weighted by atomic mass is 10.2. The maximum absolute atomic E-state index is 13.5. The number of carbonyl (C=O) groups excluding carboxylic acids is 2. The Morgan fingerprint density at radius 2 is 1.70 bits per heavy atom. The van der Waals surface area contributed by atoms with Crippen molar-refractivity contribution in [2.75, 3.05) is 5.32 Å². The van der Waals surface area contributed by atoms with Crippen LogP contribution in [0.1, 0.15) is 22.8 Å². The summed E-state index contributed by atoms with van der Waals surface area (Å²) in [5.74, 6) is -4.85. The standard InChI is InChI=1S/C17H11ClF5NO3/c1-8(27-16(26)14-11(19)3-2-4-12(14)20)15(25)24-13-7-9(17(21,22)23)5-6-10(13)18/h2-8H,1H3,(H,24,25)/t8-/m0/s1. The molecule has 144 valence electrons. The summed E-state index contributed by atoms with van der Waals surface area (Å²) in [7, 11) is 0. The molecule has 0 saturated heterocycles. The summed E-state index contributed by atoms with van der Waals surface area (Å²) in [6.45, 7) is 1.08. The number of halogens is 6. The number of carbonyl (C=O) groups is 2. The van der Waals surface area contributed by atoms with E-state index in [2.05, 4.69) is 10.1 Å². The minimum Gasteiger partial charge on any atom is -0.449 e. The predicted octanol–water partition coefficient (Wildman–Crippen LogP) is 4.82. The van der Waals surface area contributed by atoms with Gasteiger partial charge in [-0.15, -0.1) is 0 Å². The second-order valence-corrected chi connectivity index (χ2v) is 5.73. The number of amides is 1. The van der Waals surface area contributed by atoms with Crippen LogP contribution in [0.5, 0.6) is 0 Å². The molecular formula is C17H11ClF5NO3. The first-order valence-electron chi connectivity index (χ1n) is 7.33. The maximum Gasteiger partial charge on any atom is 0.416 e. The Balaban J connectivity index is 2.13. The van der Waals surface area contributed by atoms with Gasteiger partial charge in [0.2, 0.25) is 0 Å². The summed E-state index contributed by atoms with van der Waals surface area (Å²) >= 11 is 5.75. The zero-order valence-electron chi connectivity index (χ0n) is 13.5. The first-order chi connectivity index (χ1) is 12.5. The summed E-state index contributed by atoms with van der Waals surface area (Å²) in [5, 5.41) is 1.89. The first-order valence-corrected chi connectivity index (χ1v) is 7.71. The molecule has 0 aliphatic rings. The molecule has 0 fully saturated rings. The van der Waals surface area contributed by atoms with Gasteiger partial charge >= 0.3 is 12.1 Å². The molecule has 0 aromatic heterocycles. The van der Waals surface area contributed by atoms with E-state index < -0.39 is 46.9 Å². The molecule has 0 saturated carbocycles. The summed E-state index contributed by atoms with van der Waals surface area (Å²) < 4.78 is 70.0. The highest BCUT2D eigenvalue weighted by Gasteiger charge is 2.31. The molecule has 10 heteroatoms. The van der Waals surface area contributed by atoms with Gasteiger partial charge in [0.25, 0.3) is 5.91 Å². The van der Waals surface area contributed by atoms with Crippen molar-refractivity contribution in [1.82, 2.24) is 0 Å². The van der Waals surface area contributed by atoms with Gasteiger partial charge in [-0.25, -0.2) is 13.6 Å². The number of esters is 1. The quantitative estimate of drug-likeness (QED) is 0.584. The summed E-state index contributed by atoms with van der Waals surface area (Å²) in [5.41, 5.74) is -2.41. The molecule has 0 spiro atoms. The van der Waals surface area contributed by atoms with Gasteiger partial charge < -0.3 is 10.1 Å². The van der Waals surface area contributed by atoms with Crippen molar-refractivity contribution >= 4 is 29.2 Å². The predicted molar refractivity (Wildman–Crippen MR) is 86.3 cm³/mol. The Kier molecular flexibility index (Phi) is 6.04. The van der Waals surface area contributed by atoms with E-state index in [4.69, 9.17) is 11.6 Å². The minimum atomic E-state index is -4.66. The van der Waals surface area contributed by atoms with Crippen LogP contribution in [0, 0.1) is 11.6 Å². The maximum atomic E-state index is 13.5. The fourth-order valence-corrected chi connectivity index (χ4v) is 2.16. The minimum absolute atomic E-state index is 0.185. The van der Waals surface area contributed by atoms with Gasteiger partial charge in [0.1, 0.15) is 17.2 Å². The van der Waals surface area contributed by atoms with Gasteiger partial charge in [0.05, 0.1) is 16.3 Å². The van der Waals surface area contributed by atoms with Gasteiger partial charge in [-0.05, 0) is 37.3 Å². The lowest BCUT2D eigenvalue weighted by molar-refractivity contribution is -0.137. The van der Waals surface area contributed by atoms with Gasteiger partial charge in [-0.1, -0.05) is 17.7 Å². The number of rotatable bonds is 4. The van der Waals surface area contributed by atoms with Crippen molar-refractivity contribution in [3.63, 3.8) is 0 Å². The molecule has 0 aliphatic heterocycles. The topological polar surface area (TPSA) is 55.4 Å². The molecule has 1 atom stereocenters. The van der Waals surface area contributed by atoms with Crippen molar-refractivity contribution in [3.8, 4) is 0 Å². The second kappa shape index (κ2) is 7.91. The number of alkyl halides is 3. The number of hydrogen-bond donors (Lipinski definition) is 1. The number of nitrogens with one attached hydrogen (secondary N) is 1. The van der Waals surface area contributed by atoms with E-state index in [0.29, 0.717) is 6.07 Å². The molecule has 0 bridgehead atoms. The second-order valence-electron chi connectivity index (χ2n) is 5.33. The lowest BCUT2D eigenvalue weighted by Gasteiger charge is -2.16. The van der Waals surface area contributed by atoms with Crippen LogP contribution in [0.25, 0.3) is 0 Å². The van der Waals surface area contributed by atoms with Crippen LogP contribution in [-0.2, 0) is 15.7 Å². The third-order valence-electron chi connectivity index (χ3n) is 3.37. The van der Waals surface area contributed by atoms with E-state index in [1.54, 1.807) is 0 Å². The molecule has 4 nitrogen and oxygen atoms in total. The van der Waals surface area contributed by atoms with Crippen LogP contribution >= 0.6 is 11.6 Å². The van der Waals surface area contributed by atoms with Crippen LogP contribution in [0.3, 0.4) is 0 Å². The highest BCUT2D eigenvalue weighted by Crippen LogP contribution is 2.33. The Hall–Kier alpha value is -2.68. The molecule has 0 radical (unpaired) electrons. The van der Waals surface area contributed by atoms with E-state index in [-0.39, 0.29) is 10.7 Å². The molecule has 1 N–H and O–H groups in total. The van der Waals surface area contributed by atoms with Crippen molar-refractivity contribution in [3.05, 3.63) is 64.2 Å². The monoisotopic (exact) mass is 407 g/mol.